The van der Waals surface area contributed by atoms with Crippen LogP contribution in [0, 0.1) is 17.8 Å². The van der Waals surface area contributed by atoms with Crippen molar-refractivity contribution in [2.75, 3.05) is 7.11 Å². The van der Waals surface area contributed by atoms with Gasteiger partial charge in [-0.2, -0.15) is 0 Å². The van der Waals surface area contributed by atoms with Crippen LogP contribution in [0.3, 0.4) is 0 Å². The van der Waals surface area contributed by atoms with Gasteiger partial charge in [-0.1, -0.05) is 26.7 Å². The fraction of sp³-hybridized carbons (Fsp3) is 0.929. The molecule has 0 heterocycles. The third kappa shape index (κ3) is 3.45. The van der Waals surface area contributed by atoms with Gasteiger partial charge in [-0.15, -0.1) is 0 Å². The monoisotopic (exact) mass is 257 g/mol. The highest BCUT2D eigenvalue weighted by Crippen LogP contribution is 2.37. The van der Waals surface area contributed by atoms with Crippen LogP contribution in [-0.2, 0) is 9.53 Å². The number of carbonyl (C=O) groups is 1. The number of hydrogen-bond acceptors (Lipinski definition) is 4. The van der Waals surface area contributed by atoms with Crippen molar-refractivity contribution in [3.63, 3.8) is 0 Å². The lowest BCUT2D eigenvalue weighted by molar-refractivity contribution is -0.142. The molecule has 106 valence electrons. The van der Waals surface area contributed by atoms with E-state index >= 15 is 0 Å². The first-order valence-electron chi connectivity index (χ1n) is 7.05. The zero-order valence-electron chi connectivity index (χ0n) is 11.8. The minimum Gasteiger partial charge on any atom is -0.469 e. The Balaban J connectivity index is 2.57. The molecule has 0 bridgehead atoms. The van der Waals surface area contributed by atoms with Gasteiger partial charge in [-0.05, 0) is 24.7 Å². The molecular weight excluding hydrogens is 230 g/mol. The summed E-state index contributed by atoms with van der Waals surface area (Å²) in [5.74, 6) is 0.366. The standard InChI is InChI=1S/C14H27NO3/c1-4-9(5-2)13(15)11-7-6-10(14(11)17)8-12(16)18-3/h9-11,13-14,17H,4-8,15H2,1-3H3/t10-,11-,13?,14-/m1/s1. The Labute approximate surface area is 110 Å². The topological polar surface area (TPSA) is 72.6 Å². The van der Waals surface area contributed by atoms with Gasteiger partial charge in [0.2, 0.25) is 0 Å². The van der Waals surface area contributed by atoms with Gasteiger partial charge < -0.3 is 15.6 Å². The Morgan fingerprint density at radius 2 is 2.00 bits per heavy atom. The first-order valence-corrected chi connectivity index (χ1v) is 7.05. The maximum absolute atomic E-state index is 11.3. The van der Waals surface area contributed by atoms with Gasteiger partial charge >= 0.3 is 5.97 Å². The normalized spacial score (nSPS) is 29.6. The molecule has 0 aromatic rings. The van der Waals surface area contributed by atoms with Crippen LogP contribution in [0.5, 0.6) is 0 Å². The average Bonchev–Trinajstić information content (AvgIpc) is 2.72. The summed E-state index contributed by atoms with van der Waals surface area (Å²) in [6.07, 6.45) is 3.73. The molecule has 0 saturated heterocycles. The van der Waals surface area contributed by atoms with Crippen molar-refractivity contribution in [2.24, 2.45) is 23.5 Å². The Kier molecular flexibility index (Phi) is 6.09. The van der Waals surface area contributed by atoms with E-state index in [9.17, 15) is 9.90 Å². The molecule has 1 unspecified atom stereocenters. The van der Waals surface area contributed by atoms with E-state index in [0.717, 1.165) is 25.7 Å². The predicted molar refractivity (Wildman–Crippen MR) is 70.9 cm³/mol. The highest BCUT2D eigenvalue weighted by Gasteiger charge is 2.40. The highest BCUT2D eigenvalue weighted by atomic mass is 16.5. The van der Waals surface area contributed by atoms with Gasteiger partial charge in [0.1, 0.15) is 0 Å². The summed E-state index contributed by atoms with van der Waals surface area (Å²) in [6.45, 7) is 4.28. The summed E-state index contributed by atoms with van der Waals surface area (Å²) < 4.78 is 4.66. The number of ether oxygens (including phenoxy) is 1. The molecular formula is C14H27NO3. The lowest BCUT2D eigenvalue weighted by atomic mass is 9.82. The molecule has 0 spiro atoms. The number of aliphatic hydroxyl groups excluding tert-OH is 1. The molecule has 4 nitrogen and oxygen atoms in total. The first kappa shape index (κ1) is 15.4. The minimum atomic E-state index is -0.459. The van der Waals surface area contributed by atoms with Crippen LogP contribution in [0.4, 0.5) is 0 Å². The molecule has 4 atom stereocenters. The zero-order chi connectivity index (χ0) is 13.7. The van der Waals surface area contributed by atoms with Crippen LogP contribution in [0.1, 0.15) is 46.0 Å². The van der Waals surface area contributed by atoms with Gasteiger partial charge in [0.15, 0.2) is 0 Å². The van der Waals surface area contributed by atoms with E-state index in [0.29, 0.717) is 12.3 Å². The van der Waals surface area contributed by atoms with E-state index < -0.39 is 6.10 Å². The van der Waals surface area contributed by atoms with Crippen LogP contribution < -0.4 is 5.73 Å². The summed E-state index contributed by atoms with van der Waals surface area (Å²) in [5.41, 5.74) is 6.28. The third-order valence-corrected chi connectivity index (χ3v) is 4.54. The lowest BCUT2D eigenvalue weighted by Gasteiger charge is -2.30. The van der Waals surface area contributed by atoms with Gasteiger partial charge in [0.25, 0.3) is 0 Å². The summed E-state index contributed by atoms with van der Waals surface area (Å²) in [7, 11) is 1.39. The molecule has 1 rings (SSSR count). The molecule has 1 fully saturated rings. The number of methoxy groups -OCH3 is 1. The molecule has 0 aromatic carbocycles. The molecule has 0 radical (unpaired) electrons. The zero-order valence-corrected chi connectivity index (χ0v) is 11.8. The van der Waals surface area contributed by atoms with Gasteiger partial charge in [-0.3, -0.25) is 4.79 Å². The van der Waals surface area contributed by atoms with E-state index in [1.54, 1.807) is 0 Å². The Bertz CT molecular complexity index is 266. The van der Waals surface area contributed by atoms with Crippen molar-refractivity contribution in [3.8, 4) is 0 Å². The van der Waals surface area contributed by atoms with Crippen LogP contribution in [0.25, 0.3) is 0 Å². The second-order valence-electron chi connectivity index (χ2n) is 5.43. The van der Waals surface area contributed by atoms with E-state index in [1.807, 2.05) is 0 Å². The van der Waals surface area contributed by atoms with Crippen molar-refractivity contribution in [3.05, 3.63) is 0 Å². The maximum atomic E-state index is 11.3. The largest absolute Gasteiger partial charge is 0.469 e. The Hall–Kier alpha value is -0.610. The van der Waals surface area contributed by atoms with Gasteiger partial charge in [0.05, 0.1) is 19.6 Å². The number of aliphatic hydroxyl groups is 1. The minimum absolute atomic E-state index is 0.0165. The van der Waals surface area contributed by atoms with Crippen molar-refractivity contribution in [1.29, 1.82) is 0 Å². The molecule has 4 heteroatoms. The molecule has 1 aliphatic rings. The number of carbonyl (C=O) groups excluding carboxylic acids is 1. The van der Waals surface area contributed by atoms with Crippen LogP contribution >= 0.6 is 0 Å². The van der Waals surface area contributed by atoms with Gasteiger partial charge in [0, 0.05) is 12.0 Å². The number of hydrogen-bond donors (Lipinski definition) is 2. The second-order valence-corrected chi connectivity index (χ2v) is 5.43. The maximum Gasteiger partial charge on any atom is 0.305 e. The summed E-state index contributed by atoms with van der Waals surface area (Å²) in [4.78, 5) is 11.3. The van der Waals surface area contributed by atoms with E-state index in [1.165, 1.54) is 7.11 Å². The third-order valence-electron chi connectivity index (χ3n) is 4.54. The second kappa shape index (κ2) is 7.10. The first-order chi connectivity index (χ1) is 8.54. The Morgan fingerprint density at radius 1 is 1.39 bits per heavy atom. The van der Waals surface area contributed by atoms with E-state index in [4.69, 9.17) is 5.73 Å². The molecule has 1 saturated carbocycles. The summed E-state index contributed by atoms with van der Waals surface area (Å²) in [6, 6.07) is 0.0395. The van der Waals surface area contributed by atoms with Crippen LogP contribution in [0.2, 0.25) is 0 Å². The fourth-order valence-electron chi connectivity index (χ4n) is 3.22. The van der Waals surface area contributed by atoms with Crippen molar-refractivity contribution in [2.45, 2.75) is 58.1 Å². The lowest BCUT2D eigenvalue weighted by Crippen LogP contribution is -2.42. The van der Waals surface area contributed by atoms with E-state index in [2.05, 4.69) is 18.6 Å². The van der Waals surface area contributed by atoms with E-state index in [-0.39, 0.29) is 23.8 Å². The Morgan fingerprint density at radius 3 is 2.50 bits per heavy atom. The number of esters is 1. The molecule has 0 aromatic heterocycles. The fourth-order valence-corrected chi connectivity index (χ4v) is 3.22. The predicted octanol–water partition coefficient (Wildman–Crippen LogP) is 1.70. The SMILES string of the molecule is CCC(CC)C(N)[C@H]1CC[C@H](CC(=O)OC)[C@H]1O. The van der Waals surface area contributed by atoms with Crippen molar-refractivity contribution >= 4 is 5.97 Å². The quantitative estimate of drug-likeness (QED) is 0.710. The molecule has 1 aliphatic carbocycles. The van der Waals surface area contributed by atoms with Crippen LogP contribution in [-0.4, -0.2) is 30.3 Å². The van der Waals surface area contributed by atoms with Gasteiger partial charge in [-0.25, -0.2) is 0 Å². The van der Waals surface area contributed by atoms with Crippen LogP contribution in [0.15, 0.2) is 0 Å². The highest BCUT2D eigenvalue weighted by molar-refractivity contribution is 5.69. The van der Waals surface area contributed by atoms with Crippen molar-refractivity contribution in [1.82, 2.24) is 0 Å². The van der Waals surface area contributed by atoms with Crippen molar-refractivity contribution < 1.29 is 14.6 Å². The smallest absolute Gasteiger partial charge is 0.305 e. The molecule has 3 N–H and O–H groups in total. The molecule has 0 amide bonds. The molecule has 18 heavy (non-hydrogen) atoms. The average molecular weight is 257 g/mol. The summed E-state index contributed by atoms with van der Waals surface area (Å²) >= 11 is 0. The molecule has 0 aliphatic heterocycles. The number of nitrogens with two attached hydrogens (primary N) is 1. The summed E-state index contributed by atoms with van der Waals surface area (Å²) in [5, 5.41) is 10.3. The number of rotatable bonds is 6.